The molecule has 0 bridgehead atoms. The van der Waals surface area contributed by atoms with Crippen molar-refractivity contribution in [3.05, 3.63) is 47.7 Å². The second-order valence-corrected chi connectivity index (χ2v) is 3.85. The van der Waals surface area contributed by atoms with Gasteiger partial charge in [0.2, 0.25) is 0 Å². The quantitative estimate of drug-likeness (QED) is 0.643. The van der Waals surface area contributed by atoms with Crippen molar-refractivity contribution in [2.24, 2.45) is 10.7 Å². The Morgan fingerprint density at radius 2 is 1.82 bits per heavy atom. The van der Waals surface area contributed by atoms with Gasteiger partial charge in [-0.15, -0.1) is 0 Å². The smallest absolute Gasteiger partial charge is 0.115 e. The van der Waals surface area contributed by atoms with Crippen LogP contribution >= 0.6 is 0 Å². The van der Waals surface area contributed by atoms with Crippen molar-refractivity contribution in [1.82, 2.24) is 0 Å². The predicted octanol–water partition coefficient (Wildman–Crippen LogP) is 2.29. The minimum absolute atomic E-state index is 0.203. The number of nitrogens with one attached hydrogen (secondary N) is 1. The molecular formula is C13H13N3O. The monoisotopic (exact) mass is 227 g/mol. The molecule has 1 aromatic rings. The van der Waals surface area contributed by atoms with Crippen LogP contribution in [-0.4, -0.2) is 16.5 Å². The molecule has 0 amide bonds. The molecule has 1 aliphatic rings. The highest BCUT2D eigenvalue weighted by molar-refractivity contribution is 6.22. The lowest BCUT2D eigenvalue weighted by atomic mass is 10.0. The fourth-order valence-corrected chi connectivity index (χ4v) is 1.47. The fourth-order valence-electron chi connectivity index (χ4n) is 1.47. The molecule has 0 saturated carbocycles. The number of nitrogens with zero attached hydrogens (tertiary/aromatic N) is 1. The molecule has 0 saturated heterocycles. The van der Waals surface area contributed by atoms with E-state index in [-0.39, 0.29) is 5.75 Å². The van der Waals surface area contributed by atoms with Crippen molar-refractivity contribution in [2.75, 3.05) is 0 Å². The molecule has 4 N–H and O–H groups in total. The van der Waals surface area contributed by atoms with E-state index in [9.17, 15) is 0 Å². The van der Waals surface area contributed by atoms with Gasteiger partial charge in [-0.25, -0.2) is 4.99 Å². The number of allylic oxidation sites excluding steroid dienone is 3. The summed E-state index contributed by atoms with van der Waals surface area (Å²) in [6, 6.07) is 6.55. The summed E-state index contributed by atoms with van der Waals surface area (Å²) < 4.78 is 0. The van der Waals surface area contributed by atoms with E-state index in [0.29, 0.717) is 22.8 Å². The van der Waals surface area contributed by atoms with Crippen LogP contribution in [0.4, 0.5) is 5.69 Å². The SMILES string of the molecule is CC1=CC(=Nc2ccc(O)cc2)C(N)=CC1=N. The second-order valence-electron chi connectivity index (χ2n) is 3.85. The first kappa shape index (κ1) is 11.1. The lowest BCUT2D eigenvalue weighted by Gasteiger charge is -2.11. The summed E-state index contributed by atoms with van der Waals surface area (Å²) in [7, 11) is 0. The van der Waals surface area contributed by atoms with Crippen molar-refractivity contribution < 1.29 is 5.11 Å². The van der Waals surface area contributed by atoms with Gasteiger partial charge in [0.1, 0.15) is 5.75 Å². The molecule has 0 aromatic heterocycles. The average Bonchev–Trinajstić information content (AvgIpc) is 2.29. The van der Waals surface area contributed by atoms with Crippen LogP contribution in [0.25, 0.3) is 0 Å². The molecule has 0 aliphatic heterocycles. The molecule has 86 valence electrons. The molecule has 2 rings (SSSR count). The van der Waals surface area contributed by atoms with E-state index in [1.807, 2.05) is 6.92 Å². The molecule has 0 heterocycles. The molecule has 4 heteroatoms. The zero-order valence-electron chi connectivity index (χ0n) is 9.44. The highest BCUT2D eigenvalue weighted by atomic mass is 16.3. The largest absolute Gasteiger partial charge is 0.508 e. The number of phenols is 1. The molecule has 17 heavy (non-hydrogen) atoms. The topological polar surface area (TPSA) is 82.5 Å². The van der Waals surface area contributed by atoms with Gasteiger partial charge in [0.15, 0.2) is 0 Å². The normalized spacial score (nSPS) is 17.9. The fraction of sp³-hybridized carbons (Fsp3) is 0.0769. The average molecular weight is 227 g/mol. The highest BCUT2D eigenvalue weighted by Crippen LogP contribution is 2.19. The summed E-state index contributed by atoms with van der Waals surface area (Å²) in [5, 5.41) is 16.8. The Morgan fingerprint density at radius 3 is 2.47 bits per heavy atom. The predicted molar refractivity (Wildman–Crippen MR) is 69.0 cm³/mol. The maximum absolute atomic E-state index is 9.17. The van der Waals surface area contributed by atoms with Gasteiger partial charge in [-0.1, -0.05) is 0 Å². The third-order valence-electron chi connectivity index (χ3n) is 2.47. The van der Waals surface area contributed by atoms with Crippen LogP contribution in [-0.2, 0) is 0 Å². The third-order valence-corrected chi connectivity index (χ3v) is 2.47. The molecule has 0 radical (unpaired) electrons. The van der Waals surface area contributed by atoms with Crippen LogP contribution in [0.3, 0.4) is 0 Å². The summed E-state index contributed by atoms with van der Waals surface area (Å²) >= 11 is 0. The number of phenolic OH excluding ortho intramolecular Hbond substituents is 1. The number of rotatable bonds is 1. The summed E-state index contributed by atoms with van der Waals surface area (Å²) in [4.78, 5) is 4.36. The lowest BCUT2D eigenvalue weighted by molar-refractivity contribution is 0.475. The molecule has 0 unspecified atom stereocenters. The van der Waals surface area contributed by atoms with Gasteiger partial charge in [0, 0.05) is 0 Å². The van der Waals surface area contributed by atoms with Crippen LogP contribution in [0.1, 0.15) is 6.92 Å². The first-order chi connectivity index (χ1) is 8.06. The molecule has 0 fully saturated rings. The molecule has 1 aliphatic carbocycles. The molecule has 0 atom stereocenters. The van der Waals surface area contributed by atoms with Crippen LogP contribution in [0.15, 0.2) is 52.7 Å². The number of aromatic hydroxyl groups is 1. The minimum Gasteiger partial charge on any atom is -0.508 e. The third kappa shape index (κ3) is 2.42. The first-order valence-corrected chi connectivity index (χ1v) is 5.19. The van der Waals surface area contributed by atoms with Crippen LogP contribution in [0.5, 0.6) is 5.75 Å². The number of hydrogen-bond acceptors (Lipinski definition) is 4. The maximum atomic E-state index is 9.17. The number of aliphatic imine (C=N–C) groups is 1. The van der Waals surface area contributed by atoms with Gasteiger partial charge in [0.25, 0.3) is 0 Å². The summed E-state index contributed by atoms with van der Waals surface area (Å²) in [6.45, 7) is 1.84. The van der Waals surface area contributed by atoms with Gasteiger partial charge < -0.3 is 16.2 Å². The zero-order valence-corrected chi connectivity index (χ0v) is 9.44. The van der Waals surface area contributed by atoms with Crippen molar-refractivity contribution in [3.8, 4) is 5.75 Å². The van der Waals surface area contributed by atoms with Gasteiger partial charge in [0.05, 0.1) is 22.8 Å². The molecular weight excluding hydrogens is 214 g/mol. The summed E-state index contributed by atoms with van der Waals surface area (Å²) in [5.74, 6) is 0.203. The summed E-state index contributed by atoms with van der Waals surface area (Å²) in [6.07, 6.45) is 3.37. The first-order valence-electron chi connectivity index (χ1n) is 5.19. The standard InChI is InChI=1S/C13H13N3O/c1-8-6-13(12(15)7-11(8)14)16-9-2-4-10(17)5-3-9/h2-7,14,17H,15H2,1H3. The van der Waals surface area contributed by atoms with Crippen molar-refractivity contribution >= 4 is 17.1 Å². The van der Waals surface area contributed by atoms with Gasteiger partial charge in [-0.3, -0.25) is 0 Å². The van der Waals surface area contributed by atoms with E-state index in [1.54, 1.807) is 36.4 Å². The van der Waals surface area contributed by atoms with Crippen LogP contribution in [0, 0.1) is 5.41 Å². The van der Waals surface area contributed by atoms with E-state index in [1.165, 1.54) is 0 Å². The maximum Gasteiger partial charge on any atom is 0.115 e. The zero-order chi connectivity index (χ0) is 12.4. The van der Waals surface area contributed by atoms with E-state index < -0.39 is 0 Å². The van der Waals surface area contributed by atoms with E-state index in [0.717, 1.165) is 5.57 Å². The molecule has 4 nitrogen and oxygen atoms in total. The highest BCUT2D eigenvalue weighted by Gasteiger charge is 2.10. The Labute approximate surface area is 99.3 Å². The molecule has 0 spiro atoms. The number of hydrogen-bond donors (Lipinski definition) is 3. The second kappa shape index (κ2) is 4.25. The minimum atomic E-state index is 0.203. The Bertz CT molecular complexity index is 551. The van der Waals surface area contributed by atoms with Crippen LogP contribution < -0.4 is 5.73 Å². The van der Waals surface area contributed by atoms with Gasteiger partial charge >= 0.3 is 0 Å². The Hall–Kier alpha value is -2.36. The van der Waals surface area contributed by atoms with E-state index in [2.05, 4.69) is 4.99 Å². The van der Waals surface area contributed by atoms with E-state index in [4.69, 9.17) is 16.2 Å². The van der Waals surface area contributed by atoms with Crippen molar-refractivity contribution in [1.29, 1.82) is 5.41 Å². The van der Waals surface area contributed by atoms with Crippen molar-refractivity contribution in [3.63, 3.8) is 0 Å². The Balaban J connectivity index is 2.37. The summed E-state index contributed by atoms with van der Waals surface area (Å²) in [5.41, 5.74) is 8.88. The van der Waals surface area contributed by atoms with Crippen LogP contribution in [0.2, 0.25) is 0 Å². The number of benzene rings is 1. The Morgan fingerprint density at radius 1 is 1.18 bits per heavy atom. The number of nitrogens with two attached hydrogens (primary N) is 1. The van der Waals surface area contributed by atoms with Crippen molar-refractivity contribution in [2.45, 2.75) is 6.92 Å². The Kier molecular flexibility index (Phi) is 2.78. The van der Waals surface area contributed by atoms with E-state index >= 15 is 0 Å². The molecule has 1 aromatic carbocycles. The lowest BCUT2D eigenvalue weighted by Crippen LogP contribution is -2.17. The van der Waals surface area contributed by atoms with Gasteiger partial charge in [-0.05, 0) is 48.9 Å². The van der Waals surface area contributed by atoms with Gasteiger partial charge in [-0.2, -0.15) is 0 Å².